The largest absolute Gasteiger partial charge is 0.338 e. The minimum absolute atomic E-state index is 0.203. The summed E-state index contributed by atoms with van der Waals surface area (Å²) in [6, 6.07) is 10.5. The zero-order chi connectivity index (χ0) is 15.5. The number of carbonyl (C=O) groups is 1. The summed E-state index contributed by atoms with van der Waals surface area (Å²) in [5.74, 6) is 1.90. The number of nitrogens with zero attached hydrogens (tertiary/aromatic N) is 1. The van der Waals surface area contributed by atoms with Gasteiger partial charge in [-0.25, -0.2) is 0 Å². The minimum atomic E-state index is 0.203. The second-order valence-electron chi connectivity index (χ2n) is 7.45. The highest BCUT2D eigenvalue weighted by Gasteiger charge is 2.34. The Kier molecular flexibility index (Phi) is 4.82. The second-order valence-corrected chi connectivity index (χ2v) is 7.45. The molecule has 1 amide bonds. The van der Waals surface area contributed by atoms with Gasteiger partial charge < -0.3 is 9.80 Å². The van der Waals surface area contributed by atoms with Crippen molar-refractivity contribution in [2.24, 2.45) is 11.8 Å². The Labute approximate surface area is 134 Å². The van der Waals surface area contributed by atoms with Crippen molar-refractivity contribution in [3.63, 3.8) is 0 Å². The standard InChI is InChI=1S/C19H28N2O/c1-15-12-16(2)14-21(13-15)18-8-10-20(11-9-18)19(22)17-6-4-3-5-7-17/h3-7,15-16,18H,8-14H2,1-2H3/p+1/t15-,16+. The summed E-state index contributed by atoms with van der Waals surface area (Å²) < 4.78 is 0. The monoisotopic (exact) mass is 301 g/mol. The van der Waals surface area contributed by atoms with Crippen molar-refractivity contribution in [1.82, 2.24) is 4.90 Å². The van der Waals surface area contributed by atoms with Gasteiger partial charge in [-0.1, -0.05) is 32.0 Å². The number of likely N-dealkylation sites (tertiary alicyclic amines) is 2. The molecular weight excluding hydrogens is 272 g/mol. The predicted molar refractivity (Wildman–Crippen MR) is 89.0 cm³/mol. The lowest BCUT2D eigenvalue weighted by Crippen LogP contribution is -3.18. The van der Waals surface area contributed by atoms with E-state index in [1.165, 1.54) is 19.5 Å². The SMILES string of the molecule is C[C@@H]1C[C@H](C)C[NH+](C2CCN(C(=O)c3ccccc3)CC2)C1. The molecule has 2 aliphatic heterocycles. The number of carbonyl (C=O) groups excluding carboxylic acids is 1. The van der Waals surface area contributed by atoms with Gasteiger partial charge in [0, 0.05) is 43.3 Å². The predicted octanol–water partition coefficient (Wildman–Crippen LogP) is 1.85. The minimum Gasteiger partial charge on any atom is -0.338 e. The van der Waals surface area contributed by atoms with Crippen LogP contribution in [0.15, 0.2) is 30.3 Å². The summed E-state index contributed by atoms with van der Waals surface area (Å²) in [6.45, 7) is 9.27. The average molecular weight is 301 g/mol. The Bertz CT molecular complexity index is 483. The van der Waals surface area contributed by atoms with Crippen molar-refractivity contribution in [3.8, 4) is 0 Å². The number of piperidine rings is 2. The van der Waals surface area contributed by atoms with E-state index >= 15 is 0 Å². The maximum atomic E-state index is 12.5. The Morgan fingerprint density at radius 2 is 1.64 bits per heavy atom. The third-order valence-corrected chi connectivity index (χ3v) is 5.41. The van der Waals surface area contributed by atoms with E-state index in [9.17, 15) is 4.79 Å². The number of quaternary nitrogens is 1. The molecule has 0 bridgehead atoms. The van der Waals surface area contributed by atoms with Gasteiger partial charge in [0.1, 0.15) is 0 Å². The van der Waals surface area contributed by atoms with Crippen LogP contribution in [0.4, 0.5) is 0 Å². The normalized spacial score (nSPS) is 30.3. The van der Waals surface area contributed by atoms with Gasteiger partial charge >= 0.3 is 0 Å². The van der Waals surface area contributed by atoms with Gasteiger partial charge in [-0.05, 0) is 18.6 Å². The van der Waals surface area contributed by atoms with Gasteiger partial charge in [0.25, 0.3) is 5.91 Å². The van der Waals surface area contributed by atoms with Crippen LogP contribution in [0.1, 0.15) is 43.5 Å². The molecule has 0 spiro atoms. The molecule has 2 aliphatic rings. The lowest BCUT2D eigenvalue weighted by atomic mass is 9.89. The molecule has 0 aromatic heterocycles. The summed E-state index contributed by atoms with van der Waals surface area (Å²) in [6.07, 6.45) is 3.70. The molecule has 1 unspecified atom stereocenters. The van der Waals surface area contributed by atoms with Crippen molar-refractivity contribution in [1.29, 1.82) is 0 Å². The number of rotatable bonds is 2. The fourth-order valence-electron chi connectivity index (χ4n) is 4.42. The van der Waals surface area contributed by atoms with Crippen LogP contribution < -0.4 is 4.90 Å². The van der Waals surface area contributed by atoms with Crippen molar-refractivity contribution >= 4 is 5.91 Å². The van der Waals surface area contributed by atoms with Crippen LogP contribution in [-0.4, -0.2) is 43.0 Å². The van der Waals surface area contributed by atoms with Crippen LogP contribution >= 0.6 is 0 Å². The number of nitrogens with one attached hydrogen (secondary N) is 1. The molecule has 0 radical (unpaired) electrons. The van der Waals surface area contributed by atoms with Crippen LogP contribution in [0, 0.1) is 11.8 Å². The fourth-order valence-corrected chi connectivity index (χ4v) is 4.42. The highest BCUT2D eigenvalue weighted by molar-refractivity contribution is 5.94. The molecule has 120 valence electrons. The molecule has 3 heteroatoms. The first-order valence-electron chi connectivity index (χ1n) is 8.82. The third-order valence-electron chi connectivity index (χ3n) is 5.41. The Morgan fingerprint density at radius 3 is 2.23 bits per heavy atom. The molecule has 3 atom stereocenters. The molecule has 0 saturated carbocycles. The van der Waals surface area contributed by atoms with Crippen LogP contribution in [-0.2, 0) is 0 Å². The lowest BCUT2D eigenvalue weighted by Gasteiger charge is -2.41. The first kappa shape index (κ1) is 15.5. The number of benzene rings is 1. The molecule has 0 aliphatic carbocycles. The first-order chi connectivity index (χ1) is 10.6. The molecule has 2 fully saturated rings. The molecule has 22 heavy (non-hydrogen) atoms. The van der Waals surface area contributed by atoms with Gasteiger partial charge in [-0.15, -0.1) is 0 Å². The summed E-state index contributed by atoms with van der Waals surface area (Å²) in [7, 11) is 0. The summed E-state index contributed by atoms with van der Waals surface area (Å²) in [5, 5.41) is 0. The first-order valence-corrected chi connectivity index (χ1v) is 8.82. The lowest BCUT2D eigenvalue weighted by molar-refractivity contribution is -0.938. The highest BCUT2D eigenvalue weighted by atomic mass is 16.2. The van der Waals surface area contributed by atoms with Gasteiger partial charge in [-0.2, -0.15) is 0 Å². The Balaban J connectivity index is 1.55. The molecule has 2 saturated heterocycles. The number of amides is 1. The Hall–Kier alpha value is -1.35. The van der Waals surface area contributed by atoms with Crippen LogP contribution in [0.25, 0.3) is 0 Å². The van der Waals surface area contributed by atoms with Crippen LogP contribution in [0.3, 0.4) is 0 Å². The van der Waals surface area contributed by atoms with Crippen molar-refractivity contribution in [3.05, 3.63) is 35.9 Å². The van der Waals surface area contributed by atoms with Crippen molar-refractivity contribution in [2.45, 2.75) is 39.2 Å². The van der Waals surface area contributed by atoms with E-state index in [4.69, 9.17) is 0 Å². The highest BCUT2D eigenvalue weighted by Crippen LogP contribution is 2.16. The van der Waals surface area contributed by atoms with Gasteiger partial charge in [0.05, 0.1) is 19.1 Å². The molecule has 1 N–H and O–H groups in total. The maximum Gasteiger partial charge on any atom is 0.253 e. The summed E-state index contributed by atoms with van der Waals surface area (Å²) >= 11 is 0. The van der Waals surface area contributed by atoms with E-state index < -0.39 is 0 Å². The zero-order valence-corrected chi connectivity index (χ0v) is 13.9. The van der Waals surface area contributed by atoms with Gasteiger partial charge in [-0.3, -0.25) is 4.79 Å². The molecule has 3 nitrogen and oxygen atoms in total. The van der Waals surface area contributed by atoms with E-state index in [1.54, 1.807) is 4.90 Å². The van der Waals surface area contributed by atoms with Gasteiger partial charge in [0.2, 0.25) is 0 Å². The van der Waals surface area contributed by atoms with E-state index in [2.05, 4.69) is 13.8 Å². The summed E-state index contributed by atoms with van der Waals surface area (Å²) in [5.41, 5.74) is 0.827. The molecule has 1 aromatic rings. The average Bonchev–Trinajstić information content (AvgIpc) is 2.54. The van der Waals surface area contributed by atoms with E-state index in [0.29, 0.717) is 0 Å². The fraction of sp³-hybridized carbons (Fsp3) is 0.632. The Morgan fingerprint density at radius 1 is 1.05 bits per heavy atom. The molecule has 3 rings (SSSR count). The van der Waals surface area contributed by atoms with Crippen LogP contribution in [0.5, 0.6) is 0 Å². The molecule has 2 heterocycles. The number of hydrogen-bond acceptors (Lipinski definition) is 1. The zero-order valence-electron chi connectivity index (χ0n) is 13.9. The smallest absolute Gasteiger partial charge is 0.253 e. The van der Waals surface area contributed by atoms with Gasteiger partial charge in [0.15, 0.2) is 0 Å². The van der Waals surface area contributed by atoms with Crippen LogP contribution in [0.2, 0.25) is 0 Å². The topological polar surface area (TPSA) is 24.8 Å². The maximum absolute atomic E-state index is 12.5. The molecular formula is C19H29N2O+. The van der Waals surface area contributed by atoms with E-state index in [0.717, 1.165) is 49.4 Å². The second kappa shape index (κ2) is 6.82. The van der Waals surface area contributed by atoms with Crippen molar-refractivity contribution < 1.29 is 9.69 Å². The summed E-state index contributed by atoms with van der Waals surface area (Å²) in [4.78, 5) is 16.3. The quantitative estimate of drug-likeness (QED) is 0.886. The van der Waals surface area contributed by atoms with E-state index in [1.807, 2.05) is 35.2 Å². The number of hydrogen-bond donors (Lipinski definition) is 1. The third kappa shape index (κ3) is 3.52. The van der Waals surface area contributed by atoms with E-state index in [-0.39, 0.29) is 5.91 Å². The van der Waals surface area contributed by atoms with Crippen molar-refractivity contribution in [2.75, 3.05) is 26.2 Å². The molecule has 1 aromatic carbocycles.